The summed E-state index contributed by atoms with van der Waals surface area (Å²) in [6.07, 6.45) is 0.935. The quantitative estimate of drug-likeness (QED) is 0.203. The summed E-state index contributed by atoms with van der Waals surface area (Å²) in [7, 11) is -4.29. The van der Waals surface area contributed by atoms with Crippen LogP contribution < -0.4 is 9.62 Å². The Bertz CT molecular complexity index is 1630. The Hall–Kier alpha value is -4.50. The van der Waals surface area contributed by atoms with Crippen LogP contribution in [0.15, 0.2) is 114 Å². The van der Waals surface area contributed by atoms with Crippen molar-refractivity contribution in [2.45, 2.75) is 57.1 Å². The van der Waals surface area contributed by atoms with E-state index in [2.05, 4.69) is 5.32 Å². The van der Waals surface area contributed by atoms with Crippen molar-refractivity contribution in [1.29, 1.82) is 0 Å². The van der Waals surface area contributed by atoms with Gasteiger partial charge in [-0.3, -0.25) is 13.9 Å². The van der Waals surface area contributed by atoms with Crippen molar-refractivity contribution in [3.8, 4) is 0 Å². The first-order valence-corrected chi connectivity index (χ1v) is 16.0. The van der Waals surface area contributed by atoms with Gasteiger partial charge >= 0.3 is 0 Å². The van der Waals surface area contributed by atoms with Gasteiger partial charge in [0.1, 0.15) is 18.4 Å². The number of anilines is 1. The summed E-state index contributed by atoms with van der Waals surface area (Å²) in [6, 6.07) is 28.8. The molecule has 0 saturated heterocycles. The molecule has 230 valence electrons. The molecule has 2 amide bonds. The maximum Gasteiger partial charge on any atom is 0.264 e. The van der Waals surface area contributed by atoms with Crippen LogP contribution in [0, 0.1) is 12.7 Å². The normalized spacial score (nSPS) is 12.6. The van der Waals surface area contributed by atoms with Gasteiger partial charge in [-0.05, 0) is 67.8 Å². The molecule has 4 aromatic carbocycles. The summed E-state index contributed by atoms with van der Waals surface area (Å²) < 4.78 is 42.6. The average Bonchev–Trinajstić information content (AvgIpc) is 3.03. The molecule has 9 heteroatoms. The fourth-order valence-electron chi connectivity index (χ4n) is 4.74. The molecule has 0 radical (unpaired) electrons. The number of para-hydroxylation sites is 1. The van der Waals surface area contributed by atoms with E-state index in [1.54, 1.807) is 30.3 Å². The van der Waals surface area contributed by atoms with Crippen molar-refractivity contribution >= 4 is 27.5 Å². The molecular weight excluding hydrogens is 577 g/mol. The monoisotopic (exact) mass is 615 g/mol. The summed E-state index contributed by atoms with van der Waals surface area (Å²) in [6.45, 7) is 5.34. The van der Waals surface area contributed by atoms with Gasteiger partial charge in [-0.2, -0.15) is 0 Å². The molecule has 0 aromatic heterocycles. The van der Waals surface area contributed by atoms with Crippen LogP contribution in [0.3, 0.4) is 0 Å². The van der Waals surface area contributed by atoms with E-state index in [-0.39, 0.29) is 35.5 Å². The van der Waals surface area contributed by atoms with E-state index in [1.807, 2.05) is 75.4 Å². The van der Waals surface area contributed by atoms with Crippen LogP contribution in [-0.2, 0) is 32.6 Å². The number of carbonyl (C=O) groups is 2. The fraction of sp³-hybridized carbons (Fsp3) is 0.257. The van der Waals surface area contributed by atoms with E-state index in [0.717, 1.165) is 33.1 Å². The van der Waals surface area contributed by atoms with E-state index in [1.165, 1.54) is 17.0 Å². The van der Waals surface area contributed by atoms with Gasteiger partial charge in [0, 0.05) is 19.0 Å². The van der Waals surface area contributed by atoms with E-state index in [0.29, 0.717) is 6.42 Å². The van der Waals surface area contributed by atoms with Gasteiger partial charge in [0.25, 0.3) is 10.0 Å². The predicted octanol–water partition coefficient (Wildman–Crippen LogP) is 5.88. The summed E-state index contributed by atoms with van der Waals surface area (Å²) in [5.41, 5.74) is 2.97. The lowest BCUT2D eigenvalue weighted by molar-refractivity contribution is -0.140. The third-order valence-corrected chi connectivity index (χ3v) is 9.26. The van der Waals surface area contributed by atoms with Gasteiger partial charge in [0.05, 0.1) is 10.6 Å². The second-order valence-corrected chi connectivity index (χ2v) is 12.7. The van der Waals surface area contributed by atoms with Crippen LogP contribution in [0.4, 0.5) is 10.1 Å². The fourth-order valence-corrected chi connectivity index (χ4v) is 6.16. The summed E-state index contributed by atoms with van der Waals surface area (Å²) in [4.78, 5) is 29.5. The van der Waals surface area contributed by atoms with Crippen molar-refractivity contribution in [1.82, 2.24) is 10.2 Å². The predicted molar refractivity (Wildman–Crippen MR) is 171 cm³/mol. The number of hydrogen-bond acceptors (Lipinski definition) is 4. The molecule has 0 aliphatic rings. The Balaban J connectivity index is 1.78. The lowest BCUT2D eigenvalue weighted by atomic mass is 10.0. The molecule has 2 unspecified atom stereocenters. The zero-order valence-electron chi connectivity index (χ0n) is 25.2. The zero-order valence-corrected chi connectivity index (χ0v) is 26.0. The first kappa shape index (κ1) is 32.4. The van der Waals surface area contributed by atoms with Crippen LogP contribution in [-0.4, -0.2) is 43.8 Å². The highest BCUT2D eigenvalue weighted by atomic mass is 32.2. The van der Waals surface area contributed by atoms with Crippen molar-refractivity contribution in [2.75, 3.05) is 10.8 Å². The van der Waals surface area contributed by atoms with Gasteiger partial charge in [-0.15, -0.1) is 0 Å². The van der Waals surface area contributed by atoms with Gasteiger partial charge in [-0.25, -0.2) is 12.8 Å². The molecule has 0 saturated carbocycles. The van der Waals surface area contributed by atoms with Crippen LogP contribution >= 0.6 is 0 Å². The number of nitrogens with zero attached hydrogens (tertiary/aromatic N) is 2. The second-order valence-electron chi connectivity index (χ2n) is 10.8. The smallest absolute Gasteiger partial charge is 0.264 e. The molecular formula is C35H38FN3O4S. The second kappa shape index (κ2) is 14.8. The highest BCUT2D eigenvalue weighted by molar-refractivity contribution is 7.92. The van der Waals surface area contributed by atoms with Crippen LogP contribution in [0.2, 0.25) is 0 Å². The molecule has 0 aliphatic carbocycles. The Morgan fingerprint density at radius 2 is 1.41 bits per heavy atom. The Morgan fingerprint density at radius 3 is 2.00 bits per heavy atom. The minimum atomic E-state index is -4.29. The van der Waals surface area contributed by atoms with Gasteiger partial charge in [0.15, 0.2) is 0 Å². The summed E-state index contributed by atoms with van der Waals surface area (Å²) in [5.74, 6) is -1.46. The lowest BCUT2D eigenvalue weighted by Crippen LogP contribution is -2.54. The Labute approximate surface area is 259 Å². The Morgan fingerprint density at radius 1 is 0.818 bits per heavy atom. The van der Waals surface area contributed by atoms with E-state index in [9.17, 15) is 22.4 Å². The molecule has 0 aliphatic heterocycles. The van der Waals surface area contributed by atoms with Crippen LogP contribution in [0.25, 0.3) is 0 Å². The molecule has 2 atom stereocenters. The van der Waals surface area contributed by atoms with E-state index >= 15 is 0 Å². The number of sulfonamides is 1. The number of rotatable bonds is 13. The summed E-state index contributed by atoms with van der Waals surface area (Å²) >= 11 is 0. The number of benzene rings is 4. The van der Waals surface area contributed by atoms with Crippen molar-refractivity contribution in [3.63, 3.8) is 0 Å². The van der Waals surface area contributed by atoms with Crippen molar-refractivity contribution in [3.05, 3.63) is 132 Å². The number of carbonyl (C=O) groups excluding carboxylic acids is 2. The number of hydrogen-bond donors (Lipinski definition) is 1. The van der Waals surface area contributed by atoms with Crippen LogP contribution in [0.5, 0.6) is 0 Å². The minimum Gasteiger partial charge on any atom is -0.352 e. The number of halogens is 1. The van der Waals surface area contributed by atoms with Gasteiger partial charge in [0.2, 0.25) is 11.8 Å². The molecule has 0 heterocycles. The molecule has 1 N–H and O–H groups in total. The van der Waals surface area contributed by atoms with E-state index in [4.69, 9.17) is 0 Å². The minimum absolute atomic E-state index is 0.0871. The van der Waals surface area contributed by atoms with Gasteiger partial charge in [-0.1, -0.05) is 85.3 Å². The van der Waals surface area contributed by atoms with E-state index < -0.39 is 34.3 Å². The largest absolute Gasteiger partial charge is 0.352 e. The molecule has 0 fully saturated rings. The lowest BCUT2D eigenvalue weighted by Gasteiger charge is -2.34. The number of amides is 2. The maximum absolute atomic E-state index is 14.4. The molecule has 4 aromatic rings. The third kappa shape index (κ3) is 8.32. The highest BCUT2D eigenvalue weighted by Gasteiger charge is 2.35. The standard InChI is InChI=1S/C35H38FN3O4S/c1-4-27(3)37-35(41)33(23-28-11-7-5-8-12-28)38(24-29-17-15-26(2)16-18-29)34(40)25-39(31-13-9-6-10-14-31)44(42,43)32-21-19-30(36)20-22-32/h5-22,27,33H,4,23-25H2,1-3H3,(H,37,41). The summed E-state index contributed by atoms with van der Waals surface area (Å²) in [5, 5.41) is 3.03. The first-order valence-electron chi connectivity index (χ1n) is 14.6. The Kier molecular flexibility index (Phi) is 10.9. The first-order chi connectivity index (χ1) is 21.1. The molecule has 0 bridgehead atoms. The SMILES string of the molecule is CCC(C)NC(=O)C(Cc1ccccc1)N(Cc1ccc(C)cc1)C(=O)CN(c1ccccc1)S(=O)(=O)c1ccc(F)cc1. The number of nitrogens with one attached hydrogen (secondary N) is 1. The molecule has 4 rings (SSSR count). The topological polar surface area (TPSA) is 86.8 Å². The molecule has 44 heavy (non-hydrogen) atoms. The van der Waals surface area contributed by atoms with Crippen molar-refractivity contribution < 1.29 is 22.4 Å². The maximum atomic E-state index is 14.4. The zero-order chi connectivity index (χ0) is 31.7. The third-order valence-electron chi connectivity index (χ3n) is 7.47. The van der Waals surface area contributed by atoms with Gasteiger partial charge < -0.3 is 10.2 Å². The van der Waals surface area contributed by atoms with Crippen LogP contribution in [0.1, 0.15) is 37.0 Å². The van der Waals surface area contributed by atoms with Crippen molar-refractivity contribution in [2.24, 2.45) is 0 Å². The molecule has 0 spiro atoms. The number of aryl methyl sites for hydroxylation is 1. The highest BCUT2D eigenvalue weighted by Crippen LogP contribution is 2.25. The molecule has 7 nitrogen and oxygen atoms in total. The average molecular weight is 616 g/mol.